The lowest BCUT2D eigenvalue weighted by Gasteiger charge is -2.00. The van der Waals surface area contributed by atoms with E-state index in [0.717, 1.165) is 5.56 Å². The van der Waals surface area contributed by atoms with Gasteiger partial charge in [-0.15, -0.1) is 0 Å². The van der Waals surface area contributed by atoms with Crippen LogP contribution >= 0.6 is 0 Å². The van der Waals surface area contributed by atoms with E-state index in [4.69, 9.17) is 9.26 Å². The molecule has 0 aliphatic heterocycles. The number of ether oxygens (including phenoxy) is 1. The summed E-state index contributed by atoms with van der Waals surface area (Å²) in [5, 5.41) is 3.53. The molecule has 0 unspecified atom stereocenters. The van der Waals surface area contributed by atoms with E-state index in [9.17, 15) is 0 Å². The van der Waals surface area contributed by atoms with Gasteiger partial charge >= 0.3 is 5.95 Å². The Morgan fingerprint density at radius 2 is 2.00 bits per heavy atom. The van der Waals surface area contributed by atoms with Crippen molar-refractivity contribution >= 4 is 0 Å². The Balaban J connectivity index is 1.94. The second-order valence-electron chi connectivity index (χ2n) is 2.61. The minimum atomic E-state index is 0.448. The Morgan fingerprint density at radius 1 is 1.15 bits per heavy atom. The standard InChI is InChI=1S/C10H9NO2/c1-2-4-9(5-3-1)8-12-10-6-7-11-13-10/h1-7H,8H2. The quantitative estimate of drug-likeness (QED) is 0.717. The van der Waals surface area contributed by atoms with Crippen LogP contribution in [0.2, 0.25) is 0 Å². The maximum Gasteiger partial charge on any atom is 0.311 e. The van der Waals surface area contributed by atoms with Gasteiger partial charge in [0.2, 0.25) is 0 Å². The Hall–Kier alpha value is -1.77. The number of hydrogen-bond acceptors (Lipinski definition) is 3. The predicted molar refractivity (Wildman–Crippen MR) is 47.3 cm³/mol. The number of benzene rings is 1. The monoisotopic (exact) mass is 175 g/mol. The van der Waals surface area contributed by atoms with Crippen LogP contribution in [0.25, 0.3) is 0 Å². The first kappa shape index (κ1) is 7.86. The van der Waals surface area contributed by atoms with Gasteiger partial charge in [0.25, 0.3) is 0 Å². The van der Waals surface area contributed by atoms with Crippen molar-refractivity contribution in [3.63, 3.8) is 0 Å². The summed E-state index contributed by atoms with van der Waals surface area (Å²) in [7, 11) is 0. The molecule has 0 bridgehead atoms. The van der Waals surface area contributed by atoms with Gasteiger partial charge in [0.05, 0.1) is 6.20 Å². The summed E-state index contributed by atoms with van der Waals surface area (Å²) in [5.74, 6) is 0.448. The van der Waals surface area contributed by atoms with Crippen molar-refractivity contribution in [2.24, 2.45) is 0 Å². The first-order valence-corrected chi connectivity index (χ1v) is 4.02. The smallest absolute Gasteiger partial charge is 0.311 e. The van der Waals surface area contributed by atoms with Crippen molar-refractivity contribution < 1.29 is 9.26 Å². The molecule has 2 aromatic rings. The summed E-state index contributed by atoms with van der Waals surface area (Å²) >= 11 is 0. The van der Waals surface area contributed by atoms with Gasteiger partial charge in [-0.25, -0.2) is 0 Å². The van der Waals surface area contributed by atoms with Crippen LogP contribution in [0.5, 0.6) is 5.95 Å². The molecule has 1 aromatic heterocycles. The minimum Gasteiger partial charge on any atom is -0.459 e. The molecule has 1 aromatic carbocycles. The van der Waals surface area contributed by atoms with Gasteiger partial charge in [0.15, 0.2) is 0 Å². The maximum atomic E-state index is 5.30. The van der Waals surface area contributed by atoms with E-state index in [1.165, 1.54) is 0 Å². The first-order chi connectivity index (χ1) is 6.45. The largest absolute Gasteiger partial charge is 0.459 e. The lowest BCUT2D eigenvalue weighted by Crippen LogP contribution is -1.93. The molecule has 0 aliphatic carbocycles. The molecule has 0 radical (unpaired) electrons. The van der Waals surface area contributed by atoms with Crippen LogP contribution in [0.4, 0.5) is 0 Å². The third kappa shape index (κ3) is 2.08. The van der Waals surface area contributed by atoms with E-state index >= 15 is 0 Å². The van der Waals surface area contributed by atoms with Crippen LogP contribution in [0, 0.1) is 0 Å². The zero-order valence-corrected chi connectivity index (χ0v) is 7.01. The van der Waals surface area contributed by atoms with E-state index < -0.39 is 0 Å². The van der Waals surface area contributed by atoms with E-state index in [0.29, 0.717) is 12.6 Å². The number of hydrogen-bond donors (Lipinski definition) is 0. The zero-order valence-electron chi connectivity index (χ0n) is 7.01. The number of rotatable bonds is 3. The Labute approximate surface area is 75.9 Å². The highest BCUT2D eigenvalue weighted by Gasteiger charge is 1.96. The van der Waals surface area contributed by atoms with Crippen molar-refractivity contribution in [2.75, 3.05) is 0 Å². The average molecular weight is 175 g/mol. The van der Waals surface area contributed by atoms with Gasteiger partial charge in [0.1, 0.15) is 6.61 Å². The van der Waals surface area contributed by atoms with Crippen molar-refractivity contribution in [1.82, 2.24) is 5.16 Å². The maximum absolute atomic E-state index is 5.30. The summed E-state index contributed by atoms with van der Waals surface area (Å²) in [5.41, 5.74) is 1.11. The van der Waals surface area contributed by atoms with E-state index in [1.807, 2.05) is 30.3 Å². The minimum absolute atomic E-state index is 0.448. The molecule has 1 heterocycles. The lowest BCUT2D eigenvalue weighted by molar-refractivity contribution is 0.205. The fourth-order valence-corrected chi connectivity index (χ4v) is 1.01. The fourth-order valence-electron chi connectivity index (χ4n) is 1.01. The van der Waals surface area contributed by atoms with Crippen molar-refractivity contribution in [1.29, 1.82) is 0 Å². The molecule has 0 fully saturated rings. The highest BCUT2D eigenvalue weighted by molar-refractivity contribution is 5.14. The van der Waals surface area contributed by atoms with Crippen molar-refractivity contribution in [3.8, 4) is 5.95 Å². The molecule has 0 aliphatic rings. The zero-order chi connectivity index (χ0) is 8.93. The molecule has 0 N–H and O–H groups in total. The van der Waals surface area contributed by atoms with Crippen LogP contribution in [-0.4, -0.2) is 5.16 Å². The molecule has 0 spiro atoms. The van der Waals surface area contributed by atoms with E-state index in [2.05, 4.69) is 5.16 Å². The molecule has 0 amide bonds. The van der Waals surface area contributed by atoms with Crippen LogP contribution < -0.4 is 4.74 Å². The van der Waals surface area contributed by atoms with Crippen LogP contribution in [0.3, 0.4) is 0 Å². The highest BCUT2D eigenvalue weighted by atomic mass is 16.6. The molecule has 0 atom stereocenters. The molecular formula is C10H9NO2. The van der Waals surface area contributed by atoms with Crippen LogP contribution in [0.1, 0.15) is 5.56 Å². The molecule has 0 saturated heterocycles. The van der Waals surface area contributed by atoms with Crippen LogP contribution in [0.15, 0.2) is 47.1 Å². The second-order valence-corrected chi connectivity index (χ2v) is 2.61. The van der Waals surface area contributed by atoms with Gasteiger partial charge in [-0.05, 0) is 5.56 Å². The summed E-state index contributed by atoms with van der Waals surface area (Å²) in [6, 6.07) is 11.6. The first-order valence-electron chi connectivity index (χ1n) is 4.02. The topological polar surface area (TPSA) is 35.3 Å². The normalized spacial score (nSPS) is 9.85. The Kier molecular flexibility index (Phi) is 2.27. The Morgan fingerprint density at radius 3 is 2.69 bits per heavy atom. The van der Waals surface area contributed by atoms with Crippen molar-refractivity contribution in [2.45, 2.75) is 6.61 Å². The summed E-state index contributed by atoms with van der Waals surface area (Å²) in [4.78, 5) is 0. The molecule has 0 saturated carbocycles. The van der Waals surface area contributed by atoms with Gasteiger partial charge in [0, 0.05) is 6.07 Å². The summed E-state index contributed by atoms with van der Waals surface area (Å²) in [6.07, 6.45) is 1.56. The molecular weight excluding hydrogens is 166 g/mol. The second kappa shape index (κ2) is 3.76. The van der Waals surface area contributed by atoms with Gasteiger partial charge in [-0.3, -0.25) is 0 Å². The SMILES string of the molecule is c1ccc(COc2ccno2)cc1. The van der Waals surface area contributed by atoms with Gasteiger partial charge in [-0.1, -0.05) is 35.5 Å². The van der Waals surface area contributed by atoms with Crippen molar-refractivity contribution in [3.05, 3.63) is 48.2 Å². The third-order valence-electron chi connectivity index (χ3n) is 1.64. The summed E-state index contributed by atoms with van der Waals surface area (Å²) in [6.45, 7) is 0.510. The predicted octanol–water partition coefficient (Wildman–Crippen LogP) is 2.25. The lowest BCUT2D eigenvalue weighted by atomic mass is 10.2. The molecule has 66 valence electrons. The molecule has 13 heavy (non-hydrogen) atoms. The average Bonchev–Trinajstić information content (AvgIpc) is 2.69. The Bertz CT molecular complexity index is 342. The number of nitrogens with zero attached hydrogens (tertiary/aromatic N) is 1. The third-order valence-corrected chi connectivity index (χ3v) is 1.64. The molecule has 3 nitrogen and oxygen atoms in total. The van der Waals surface area contributed by atoms with Crippen LogP contribution in [-0.2, 0) is 6.61 Å². The van der Waals surface area contributed by atoms with Gasteiger partial charge in [-0.2, -0.15) is 0 Å². The molecule has 2 rings (SSSR count). The van der Waals surface area contributed by atoms with E-state index in [1.54, 1.807) is 12.3 Å². The highest BCUT2D eigenvalue weighted by Crippen LogP contribution is 2.10. The summed E-state index contributed by atoms with van der Waals surface area (Å²) < 4.78 is 10.1. The molecule has 3 heteroatoms. The fraction of sp³-hybridized carbons (Fsp3) is 0.100. The van der Waals surface area contributed by atoms with Gasteiger partial charge < -0.3 is 9.26 Å². The number of aromatic nitrogens is 1. The van der Waals surface area contributed by atoms with E-state index in [-0.39, 0.29) is 0 Å².